The van der Waals surface area contributed by atoms with E-state index in [1.54, 1.807) is 0 Å². The Morgan fingerprint density at radius 3 is 1.40 bits per heavy atom. The van der Waals surface area contributed by atoms with Gasteiger partial charge in [0.05, 0.1) is 0 Å². The molecule has 0 unspecified atom stereocenters. The van der Waals surface area contributed by atoms with Crippen molar-refractivity contribution in [3.8, 4) is 0 Å². The summed E-state index contributed by atoms with van der Waals surface area (Å²) in [6.45, 7) is 0. The summed E-state index contributed by atoms with van der Waals surface area (Å²) in [4.78, 5) is 0. The third-order valence-corrected chi connectivity index (χ3v) is 0. The average molecular weight is 75.1 g/mol. The SMILES string of the molecule is N=C(N)N.[O]. The van der Waals surface area contributed by atoms with E-state index < -0.39 is 0 Å². The molecule has 0 aliphatic heterocycles. The summed E-state index contributed by atoms with van der Waals surface area (Å²) < 4.78 is 0. The van der Waals surface area contributed by atoms with Crippen LogP contribution in [0.2, 0.25) is 0 Å². The Bertz CT molecular complexity index is 29.9. The van der Waals surface area contributed by atoms with Gasteiger partial charge in [-0.05, 0) is 0 Å². The Balaban J connectivity index is 0. The van der Waals surface area contributed by atoms with Crippen LogP contribution in [0.3, 0.4) is 0 Å². The lowest BCUT2D eigenvalue weighted by Gasteiger charge is -1.69. The molecule has 0 rings (SSSR count). The van der Waals surface area contributed by atoms with Crippen LogP contribution in [0.4, 0.5) is 0 Å². The zero-order valence-electron chi connectivity index (χ0n) is 2.56. The Morgan fingerprint density at radius 1 is 1.40 bits per heavy atom. The fourth-order valence-electron chi connectivity index (χ4n) is 0. The van der Waals surface area contributed by atoms with Gasteiger partial charge >= 0.3 is 0 Å². The second kappa shape index (κ2) is 3.23. The summed E-state index contributed by atoms with van der Waals surface area (Å²) in [5, 5.41) is 6.06. The van der Waals surface area contributed by atoms with Gasteiger partial charge in [-0.15, -0.1) is 0 Å². The minimum Gasteiger partial charge on any atom is -0.370 e. The molecule has 0 heterocycles. The van der Waals surface area contributed by atoms with E-state index in [1.165, 1.54) is 0 Å². The van der Waals surface area contributed by atoms with Gasteiger partial charge in [-0.2, -0.15) is 0 Å². The van der Waals surface area contributed by atoms with Crippen molar-refractivity contribution in [2.24, 2.45) is 11.5 Å². The van der Waals surface area contributed by atoms with Crippen molar-refractivity contribution in [3.63, 3.8) is 0 Å². The molecule has 0 aliphatic carbocycles. The predicted octanol–water partition coefficient (Wildman–Crippen LogP) is -1.28. The molecule has 0 aliphatic rings. The van der Waals surface area contributed by atoms with Crippen LogP contribution in [0.25, 0.3) is 0 Å². The van der Waals surface area contributed by atoms with E-state index in [-0.39, 0.29) is 11.4 Å². The minimum atomic E-state index is -0.333. The Labute approximate surface area is 29.6 Å². The smallest absolute Gasteiger partial charge is 0.183 e. The predicted molar refractivity (Wildman–Crippen MR) is 16.8 cm³/mol. The first-order valence-electron chi connectivity index (χ1n) is 0.827. The van der Waals surface area contributed by atoms with Gasteiger partial charge in [0, 0.05) is 5.48 Å². The van der Waals surface area contributed by atoms with E-state index in [2.05, 4.69) is 11.5 Å². The lowest BCUT2D eigenvalue weighted by molar-refractivity contribution is 0.686. The molecule has 0 aromatic heterocycles. The molecule has 0 bridgehead atoms. The van der Waals surface area contributed by atoms with Crippen LogP contribution in [0.1, 0.15) is 0 Å². The number of nitrogens with one attached hydrogen (secondary N) is 1. The first-order chi connectivity index (χ1) is 1.73. The van der Waals surface area contributed by atoms with Crippen LogP contribution < -0.4 is 11.5 Å². The summed E-state index contributed by atoms with van der Waals surface area (Å²) in [5.74, 6) is -0.333. The highest BCUT2D eigenvalue weighted by molar-refractivity contribution is 5.71. The number of hydrogen-bond acceptors (Lipinski definition) is 1. The molecule has 0 saturated heterocycles. The monoisotopic (exact) mass is 75.0 g/mol. The number of hydrogen-bond donors (Lipinski definition) is 3. The average Bonchev–Trinajstić information content (AvgIpc) is 0.811. The first kappa shape index (κ1) is 8.87. The molecular formula is CH5N3O. The second-order valence-corrected chi connectivity index (χ2v) is 0.455. The second-order valence-electron chi connectivity index (χ2n) is 0.455. The van der Waals surface area contributed by atoms with Gasteiger partial charge in [0.15, 0.2) is 5.96 Å². The van der Waals surface area contributed by atoms with E-state index in [9.17, 15) is 0 Å². The van der Waals surface area contributed by atoms with Crippen molar-refractivity contribution in [3.05, 3.63) is 0 Å². The molecule has 0 atom stereocenters. The van der Waals surface area contributed by atoms with Crippen molar-refractivity contribution < 1.29 is 5.48 Å². The van der Waals surface area contributed by atoms with Gasteiger partial charge in [0.25, 0.3) is 0 Å². The highest BCUT2D eigenvalue weighted by atomic mass is 16.0. The molecule has 30 valence electrons. The van der Waals surface area contributed by atoms with Crippen LogP contribution in [0.5, 0.6) is 0 Å². The maximum atomic E-state index is 6.06. The van der Waals surface area contributed by atoms with Crippen molar-refractivity contribution in [1.29, 1.82) is 5.41 Å². The van der Waals surface area contributed by atoms with E-state index >= 15 is 0 Å². The van der Waals surface area contributed by atoms with Crippen LogP contribution in [0, 0.1) is 5.41 Å². The Morgan fingerprint density at radius 2 is 1.40 bits per heavy atom. The number of guanidine groups is 1. The Hall–Kier alpha value is -0.770. The van der Waals surface area contributed by atoms with Crippen molar-refractivity contribution in [2.75, 3.05) is 0 Å². The van der Waals surface area contributed by atoms with Crippen LogP contribution in [-0.4, -0.2) is 5.96 Å². The number of nitrogens with two attached hydrogens (primary N) is 2. The molecule has 5 heavy (non-hydrogen) atoms. The maximum absolute atomic E-state index is 6.06. The van der Waals surface area contributed by atoms with Gasteiger partial charge in [0.2, 0.25) is 0 Å². The number of rotatable bonds is 0. The molecule has 4 nitrogen and oxygen atoms in total. The van der Waals surface area contributed by atoms with Gasteiger partial charge in [-0.25, -0.2) is 0 Å². The van der Waals surface area contributed by atoms with Gasteiger partial charge in [-0.3, -0.25) is 5.41 Å². The first-order valence-corrected chi connectivity index (χ1v) is 0.827. The zero-order chi connectivity index (χ0) is 3.58. The van der Waals surface area contributed by atoms with E-state index in [0.717, 1.165) is 0 Å². The van der Waals surface area contributed by atoms with Crippen molar-refractivity contribution >= 4 is 5.96 Å². The summed E-state index contributed by atoms with van der Waals surface area (Å²) in [5.41, 5.74) is 8.94. The van der Waals surface area contributed by atoms with Crippen LogP contribution in [-0.2, 0) is 5.48 Å². The van der Waals surface area contributed by atoms with Crippen LogP contribution in [0.15, 0.2) is 0 Å². The molecule has 4 heteroatoms. The van der Waals surface area contributed by atoms with Gasteiger partial charge < -0.3 is 11.5 Å². The summed E-state index contributed by atoms with van der Waals surface area (Å²) >= 11 is 0. The molecule has 0 aromatic carbocycles. The zero-order valence-corrected chi connectivity index (χ0v) is 2.56. The van der Waals surface area contributed by atoms with E-state index in [1.807, 2.05) is 0 Å². The quantitative estimate of drug-likeness (QED) is 0.246. The molecule has 0 amide bonds. The Kier molecular flexibility index (Phi) is 5.73. The lowest BCUT2D eigenvalue weighted by atomic mass is 11.1. The molecule has 0 spiro atoms. The summed E-state index contributed by atoms with van der Waals surface area (Å²) in [6.07, 6.45) is 0. The van der Waals surface area contributed by atoms with Crippen molar-refractivity contribution in [1.82, 2.24) is 0 Å². The molecule has 5 N–H and O–H groups in total. The van der Waals surface area contributed by atoms with Gasteiger partial charge in [0.1, 0.15) is 0 Å². The minimum absolute atomic E-state index is 0. The van der Waals surface area contributed by atoms with E-state index in [0.29, 0.717) is 0 Å². The maximum Gasteiger partial charge on any atom is 0.183 e. The summed E-state index contributed by atoms with van der Waals surface area (Å²) in [6, 6.07) is 0. The van der Waals surface area contributed by atoms with E-state index in [4.69, 9.17) is 5.41 Å². The largest absolute Gasteiger partial charge is 0.370 e. The molecule has 0 saturated carbocycles. The molecular weight excluding hydrogens is 70.0 g/mol. The highest BCUT2D eigenvalue weighted by Gasteiger charge is 1.52. The summed E-state index contributed by atoms with van der Waals surface area (Å²) in [7, 11) is 0. The van der Waals surface area contributed by atoms with Crippen molar-refractivity contribution in [2.45, 2.75) is 0 Å². The van der Waals surface area contributed by atoms with Crippen LogP contribution >= 0.6 is 0 Å². The molecule has 2 radical (unpaired) electrons. The molecule has 0 fully saturated rings. The topological polar surface area (TPSA) is 104 Å². The third-order valence-electron chi connectivity index (χ3n) is 0. The normalized spacial score (nSPS) is 4.80. The third kappa shape index (κ3) is 8.24. The lowest BCUT2D eigenvalue weighted by Crippen LogP contribution is -2.20. The fraction of sp³-hybridized carbons (Fsp3) is 0. The van der Waals surface area contributed by atoms with Gasteiger partial charge in [-0.1, -0.05) is 0 Å². The molecule has 0 aromatic rings. The standard InChI is InChI=1S/CH5N3.O/c2-1(3)4;/h(H5,2,3,4);. The fourth-order valence-corrected chi connectivity index (χ4v) is 0. The highest BCUT2D eigenvalue weighted by Crippen LogP contribution is 1.13.